The van der Waals surface area contributed by atoms with Crippen molar-refractivity contribution in [1.82, 2.24) is 19.2 Å². The van der Waals surface area contributed by atoms with Crippen LogP contribution in [0.3, 0.4) is 0 Å². The van der Waals surface area contributed by atoms with Crippen LogP contribution in [0.5, 0.6) is 0 Å². The number of benzene rings is 2. The molecule has 0 unspecified atom stereocenters. The van der Waals surface area contributed by atoms with Gasteiger partial charge in [0.2, 0.25) is 0 Å². The van der Waals surface area contributed by atoms with Crippen LogP contribution in [0.25, 0.3) is 0 Å². The first kappa shape index (κ1) is 21.8. The van der Waals surface area contributed by atoms with E-state index in [1.54, 1.807) is 29.8 Å². The summed E-state index contributed by atoms with van der Waals surface area (Å²) in [6, 6.07) is 13.9. The average molecular weight is 479 g/mol. The number of sulfonamides is 1. The van der Waals surface area contributed by atoms with Crippen LogP contribution in [0.15, 0.2) is 66.1 Å². The van der Waals surface area contributed by atoms with E-state index < -0.39 is 22.0 Å². The molecular weight excluding hydrogens is 459 g/mol. The third-order valence-corrected chi connectivity index (χ3v) is 7.85. The molecule has 1 saturated heterocycles. The van der Waals surface area contributed by atoms with Gasteiger partial charge in [0, 0.05) is 32.3 Å². The van der Waals surface area contributed by atoms with E-state index in [9.17, 15) is 13.2 Å². The maximum Gasteiger partial charge on any atom is 0.262 e. The SMILES string of the molecule is Cn1cnc(S(=O)(=O)N2C[C@H](NC(=O)c3cccc(Cl)c3Cl)[C@@H](c3ccccc3)C2)c1. The summed E-state index contributed by atoms with van der Waals surface area (Å²) in [5.41, 5.74) is 1.18. The van der Waals surface area contributed by atoms with E-state index in [1.807, 2.05) is 30.3 Å². The number of carbonyl (C=O) groups is 1. The Labute approximate surface area is 190 Å². The fourth-order valence-corrected chi connectivity index (χ4v) is 5.57. The third-order valence-electron chi connectivity index (χ3n) is 5.31. The van der Waals surface area contributed by atoms with Gasteiger partial charge in [-0.05, 0) is 17.7 Å². The molecule has 3 aromatic rings. The molecule has 2 heterocycles. The van der Waals surface area contributed by atoms with Crippen molar-refractivity contribution < 1.29 is 13.2 Å². The fraction of sp³-hybridized carbons (Fsp3) is 0.238. The van der Waals surface area contributed by atoms with E-state index in [0.717, 1.165) is 5.56 Å². The molecule has 0 spiro atoms. The van der Waals surface area contributed by atoms with Gasteiger partial charge in [0.1, 0.15) is 0 Å². The molecule has 0 aliphatic carbocycles. The van der Waals surface area contributed by atoms with Crippen LogP contribution in [-0.4, -0.2) is 47.3 Å². The molecule has 1 aliphatic rings. The van der Waals surface area contributed by atoms with Crippen LogP contribution >= 0.6 is 23.2 Å². The van der Waals surface area contributed by atoms with Crippen molar-refractivity contribution in [3.8, 4) is 0 Å². The molecule has 2 aromatic carbocycles. The molecule has 0 radical (unpaired) electrons. The van der Waals surface area contributed by atoms with Gasteiger partial charge in [0.25, 0.3) is 15.9 Å². The molecule has 2 atom stereocenters. The van der Waals surface area contributed by atoms with Crippen LogP contribution < -0.4 is 5.32 Å². The van der Waals surface area contributed by atoms with Gasteiger partial charge < -0.3 is 9.88 Å². The lowest BCUT2D eigenvalue weighted by Gasteiger charge is -2.20. The summed E-state index contributed by atoms with van der Waals surface area (Å²) in [6.45, 7) is 0.333. The summed E-state index contributed by atoms with van der Waals surface area (Å²) in [4.78, 5) is 16.9. The molecule has 7 nitrogen and oxygen atoms in total. The molecule has 0 bridgehead atoms. The van der Waals surface area contributed by atoms with Crippen LogP contribution in [0.1, 0.15) is 21.8 Å². The highest BCUT2D eigenvalue weighted by Crippen LogP contribution is 2.32. The monoisotopic (exact) mass is 478 g/mol. The van der Waals surface area contributed by atoms with Gasteiger partial charge in [0.05, 0.1) is 28.0 Å². The van der Waals surface area contributed by atoms with E-state index in [4.69, 9.17) is 23.2 Å². The highest BCUT2D eigenvalue weighted by molar-refractivity contribution is 7.89. The van der Waals surface area contributed by atoms with Gasteiger partial charge in [0.15, 0.2) is 5.03 Å². The minimum Gasteiger partial charge on any atom is -0.347 e. The summed E-state index contributed by atoms with van der Waals surface area (Å²) in [5.74, 6) is -0.642. The zero-order valence-electron chi connectivity index (χ0n) is 16.6. The number of nitrogens with one attached hydrogen (secondary N) is 1. The maximum atomic E-state index is 13.1. The molecule has 1 N–H and O–H groups in total. The molecule has 1 amide bonds. The van der Waals surface area contributed by atoms with Crippen LogP contribution in [0.4, 0.5) is 0 Å². The second-order valence-corrected chi connectivity index (χ2v) is 10.1. The highest BCUT2D eigenvalue weighted by Gasteiger charge is 2.41. The Morgan fingerprint density at radius 2 is 1.84 bits per heavy atom. The van der Waals surface area contributed by atoms with E-state index in [1.165, 1.54) is 16.8 Å². The van der Waals surface area contributed by atoms with Gasteiger partial charge in [-0.15, -0.1) is 0 Å². The van der Waals surface area contributed by atoms with Crippen molar-refractivity contribution >= 4 is 39.1 Å². The number of nitrogens with zero attached hydrogens (tertiary/aromatic N) is 3. The Bertz CT molecular complexity index is 1210. The van der Waals surface area contributed by atoms with Crippen molar-refractivity contribution in [3.63, 3.8) is 0 Å². The number of aryl methyl sites for hydroxylation is 1. The van der Waals surface area contributed by atoms with Crippen molar-refractivity contribution in [1.29, 1.82) is 0 Å². The van der Waals surface area contributed by atoms with Gasteiger partial charge in [-0.2, -0.15) is 4.31 Å². The molecular formula is C21H20Cl2N4O3S. The summed E-state index contributed by atoms with van der Waals surface area (Å²) in [7, 11) is -2.10. The number of rotatable bonds is 5. The van der Waals surface area contributed by atoms with Gasteiger partial charge in [-0.25, -0.2) is 13.4 Å². The number of carbonyl (C=O) groups excluding carboxylic acids is 1. The van der Waals surface area contributed by atoms with Crippen molar-refractivity contribution in [2.75, 3.05) is 13.1 Å². The topological polar surface area (TPSA) is 84.3 Å². The summed E-state index contributed by atoms with van der Waals surface area (Å²) < 4.78 is 29.2. The smallest absolute Gasteiger partial charge is 0.262 e. The largest absolute Gasteiger partial charge is 0.347 e. The number of imidazole rings is 1. The van der Waals surface area contributed by atoms with E-state index in [2.05, 4.69) is 10.3 Å². The highest BCUT2D eigenvalue weighted by atomic mass is 35.5. The Balaban J connectivity index is 1.64. The predicted octanol–water partition coefficient (Wildman–Crippen LogP) is 3.31. The molecule has 1 fully saturated rings. The Morgan fingerprint density at radius 1 is 1.10 bits per heavy atom. The minimum absolute atomic E-state index is 0.0216. The second kappa shape index (κ2) is 8.63. The van der Waals surface area contributed by atoms with Gasteiger partial charge in [-0.3, -0.25) is 4.79 Å². The third kappa shape index (κ3) is 4.34. The minimum atomic E-state index is -3.80. The first-order valence-corrected chi connectivity index (χ1v) is 11.7. The summed E-state index contributed by atoms with van der Waals surface area (Å²) >= 11 is 12.2. The van der Waals surface area contributed by atoms with Crippen LogP contribution in [-0.2, 0) is 17.1 Å². The van der Waals surface area contributed by atoms with Crippen LogP contribution in [0, 0.1) is 0 Å². The summed E-state index contributed by atoms with van der Waals surface area (Å²) in [6.07, 6.45) is 2.91. The number of aromatic nitrogens is 2. The zero-order chi connectivity index (χ0) is 22.2. The molecule has 4 rings (SSSR count). The van der Waals surface area contributed by atoms with Crippen LogP contribution in [0.2, 0.25) is 10.0 Å². The predicted molar refractivity (Wildman–Crippen MR) is 119 cm³/mol. The molecule has 1 aromatic heterocycles. The molecule has 31 heavy (non-hydrogen) atoms. The maximum absolute atomic E-state index is 13.1. The normalized spacial score (nSPS) is 19.5. The number of hydrogen-bond acceptors (Lipinski definition) is 4. The van der Waals surface area contributed by atoms with E-state index >= 15 is 0 Å². The zero-order valence-corrected chi connectivity index (χ0v) is 18.9. The lowest BCUT2D eigenvalue weighted by Crippen LogP contribution is -2.40. The van der Waals surface area contributed by atoms with Crippen molar-refractivity contribution in [3.05, 3.63) is 82.2 Å². The molecule has 1 aliphatic heterocycles. The average Bonchev–Trinajstić information content (AvgIpc) is 3.38. The quantitative estimate of drug-likeness (QED) is 0.609. The lowest BCUT2D eigenvalue weighted by molar-refractivity contribution is 0.0936. The molecule has 162 valence electrons. The van der Waals surface area contributed by atoms with E-state index in [0.29, 0.717) is 0 Å². The first-order valence-electron chi connectivity index (χ1n) is 9.55. The second-order valence-electron chi connectivity index (χ2n) is 7.40. The Morgan fingerprint density at radius 3 is 2.52 bits per heavy atom. The van der Waals surface area contributed by atoms with Crippen molar-refractivity contribution in [2.24, 2.45) is 7.05 Å². The Kier molecular flexibility index (Phi) is 6.07. The van der Waals surface area contributed by atoms with Crippen molar-refractivity contribution in [2.45, 2.75) is 17.0 Å². The lowest BCUT2D eigenvalue weighted by atomic mass is 9.94. The fourth-order valence-electron chi connectivity index (χ4n) is 3.73. The Hall–Kier alpha value is -2.39. The molecule has 0 saturated carbocycles. The number of hydrogen-bond donors (Lipinski definition) is 1. The summed E-state index contributed by atoms with van der Waals surface area (Å²) in [5, 5.41) is 3.37. The first-order chi connectivity index (χ1) is 14.8. The number of halogens is 2. The molecule has 10 heteroatoms. The van der Waals surface area contributed by atoms with Gasteiger partial charge >= 0.3 is 0 Å². The van der Waals surface area contributed by atoms with Gasteiger partial charge in [-0.1, -0.05) is 59.6 Å². The number of amides is 1. The standard InChI is InChI=1S/C21H20Cl2N4O3S/c1-26-12-19(24-13-26)31(29,30)27-10-16(14-6-3-2-4-7-14)18(11-27)25-21(28)15-8-5-9-17(22)20(15)23/h2-9,12-13,16,18H,10-11H2,1H3,(H,25,28)/t16-,18+/m1/s1. The van der Waals surface area contributed by atoms with E-state index in [-0.39, 0.29) is 39.6 Å².